The quantitative estimate of drug-likeness (QED) is 0.459. The van der Waals surface area contributed by atoms with E-state index in [-0.39, 0.29) is 11.5 Å². The monoisotopic (exact) mass is 456 g/mol. The molecule has 1 aliphatic heterocycles. The van der Waals surface area contributed by atoms with Crippen LogP contribution in [0.25, 0.3) is 0 Å². The van der Waals surface area contributed by atoms with Crippen molar-refractivity contribution in [3.05, 3.63) is 31.7 Å². The molecule has 4 nitrogen and oxygen atoms in total. The van der Waals surface area contributed by atoms with E-state index in [1.165, 1.54) is 0 Å². The number of hydrogen-bond donors (Lipinski definition) is 2. The van der Waals surface area contributed by atoms with E-state index in [0.29, 0.717) is 47.0 Å². The maximum atomic E-state index is 10.3. The Balaban J connectivity index is 2.29. The highest BCUT2D eigenvalue weighted by atomic mass is 79.9. The summed E-state index contributed by atoms with van der Waals surface area (Å²) in [5.41, 5.74) is 2.08. The van der Waals surface area contributed by atoms with Crippen LogP contribution in [0.1, 0.15) is 37.5 Å². The van der Waals surface area contributed by atoms with Crippen LogP contribution in [-0.2, 0) is 19.3 Å². The van der Waals surface area contributed by atoms with Crippen molar-refractivity contribution in [2.24, 2.45) is 0 Å². The normalized spacial score (nSPS) is 12.2. The molecule has 0 unspecified atom stereocenters. The molecule has 0 saturated heterocycles. The minimum atomic E-state index is -0.132. The lowest BCUT2D eigenvalue weighted by atomic mass is 10.0. The van der Waals surface area contributed by atoms with Gasteiger partial charge in [-0.05, 0) is 51.1 Å². The number of ether oxygens (including phenoxy) is 2. The molecule has 0 saturated carbocycles. The fraction of sp³-hybridized carbons (Fsp3) is 0.333. The predicted octanol–water partition coefficient (Wildman–Crippen LogP) is 6.21. The number of benzene rings is 2. The number of phenolic OH excluding ortho intramolecular Hbond substituents is 2. The van der Waals surface area contributed by atoms with Gasteiger partial charge in [0, 0.05) is 31.7 Å². The molecule has 2 N–H and O–H groups in total. The van der Waals surface area contributed by atoms with Gasteiger partial charge in [-0.1, -0.05) is 20.8 Å². The van der Waals surface area contributed by atoms with Gasteiger partial charge in [-0.3, -0.25) is 0 Å². The van der Waals surface area contributed by atoms with Crippen LogP contribution >= 0.6 is 31.9 Å². The Morgan fingerprint density at radius 3 is 1.79 bits per heavy atom. The lowest BCUT2D eigenvalue weighted by Crippen LogP contribution is -2.07. The van der Waals surface area contributed by atoms with Crippen LogP contribution in [0.3, 0.4) is 0 Å². The van der Waals surface area contributed by atoms with Crippen molar-refractivity contribution in [1.82, 2.24) is 0 Å². The molecule has 0 aromatic heterocycles. The summed E-state index contributed by atoms with van der Waals surface area (Å²) < 4.78 is 14.1. The highest BCUT2D eigenvalue weighted by Crippen LogP contribution is 2.57. The smallest absolute Gasteiger partial charge is 0.177 e. The third-order valence-corrected chi connectivity index (χ3v) is 6.32. The van der Waals surface area contributed by atoms with Gasteiger partial charge in [0.2, 0.25) is 0 Å². The summed E-state index contributed by atoms with van der Waals surface area (Å²) in [4.78, 5) is 0. The fourth-order valence-corrected chi connectivity index (χ4v) is 4.02. The SMILES string of the molecule is CCc1c(Br)c(Br)cc2c1Oc1c(CC)c(O)c(O)c(CC)c1O2. The summed E-state index contributed by atoms with van der Waals surface area (Å²) in [5.74, 6) is 1.94. The Labute approximate surface area is 157 Å². The van der Waals surface area contributed by atoms with E-state index < -0.39 is 0 Å². The maximum absolute atomic E-state index is 10.3. The number of phenols is 2. The molecule has 0 radical (unpaired) electrons. The number of fused-ring (bicyclic) bond motifs is 2. The molecule has 1 heterocycles. The van der Waals surface area contributed by atoms with Crippen LogP contribution in [0.2, 0.25) is 0 Å². The Hall–Kier alpha value is -1.40. The fourth-order valence-electron chi connectivity index (χ4n) is 3.00. The van der Waals surface area contributed by atoms with Crippen LogP contribution in [0, 0.1) is 0 Å². The minimum Gasteiger partial charge on any atom is -0.504 e. The zero-order valence-corrected chi connectivity index (χ0v) is 16.8. The third kappa shape index (κ3) is 2.47. The molecule has 6 heteroatoms. The molecule has 2 aromatic carbocycles. The molecule has 0 spiro atoms. The molecule has 0 atom stereocenters. The van der Waals surface area contributed by atoms with Crippen molar-refractivity contribution in [3.8, 4) is 34.5 Å². The minimum absolute atomic E-state index is 0.130. The van der Waals surface area contributed by atoms with Gasteiger partial charge in [0.25, 0.3) is 0 Å². The van der Waals surface area contributed by atoms with Crippen molar-refractivity contribution in [3.63, 3.8) is 0 Å². The Bertz CT molecular complexity index is 831. The molecule has 3 rings (SSSR count). The Morgan fingerprint density at radius 2 is 1.29 bits per heavy atom. The van der Waals surface area contributed by atoms with Gasteiger partial charge in [-0.25, -0.2) is 0 Å². The molecular weight excluding hydrogens is 440 g/mol. The van der Waals surface area contributed by atoms with E-state index in [1.54, 1.807) is 0 Å². The van der Waals surface area contributed by atoms with Crippen LogP contribution in [0.5, 0.6) is 34.5 Å². The molecule has 128 valence electrons. The summed E-state index contributed by atoms with van der Waals surface area (Å²) >= 11 is 7.10. The highest BCUT2D eigenvalue weighted by Gasteiger charge is 2.31. The molecule has 24 heavy (non-hydrogen) atoms. The summed E-state index contributed by atoms with van der Waals surface area (Å²) in [6, 6.07) is 1.84. The van der Waals surface area contributed by atoms with Crippen LogP contribution in [-0.4, -0.2) is 10.2 Å². The van der Waals surface area contributed by atoms with Gasteiger partial charge < -0.3 is 19.7 Å². The lowest BCUT2D eigenvalue weighted by Gasteiger charge is -2.28. The first-order valence-corrected chi connectivity index (χ1v) is 9.49. The molecule has 1 aliphatic rings. The molecule has 2 aromatic rings. The third-order valence-electron chi connectivity index (χ3n) is 4.26. The number of halogens is 2. The van der Waals surface area contributed by atoms with E-state index >= 15 is 0 Å². The van der Waals surface area contributed by atoms with Crippen molar-refractivity contribution in [2.75, 3.05) is 0 Å². The summed E-state index contributed by atoms with van der Waals surface area (Å²) in [6.07, 6.45) is 1.79. The van der Waals surface area contributed by atoms with Gasteiger partial charge in [0.05, 0.1) is 0 Å². The molecule has 0 aliphatic carbocycles. The Kier molecular flexibility index (Phi) is 4.71. The first-order valence-electron chi connectivity index (χ1n) is 7.90. The first-order chi connectivity index (χ1) is 11.4. The average Bonchev–Trinajstić information content (AvgIpc) is 2.57. The molecule has 0 fully saturated rings. The predicted molar refractivity (Wildman–Crippen MR) is 99.9 cm³/mol. The van der Waals surface area contributed by atoms with E-state index in [2.05, 4.69) is 31.9 Å². The van der Waals surface area contributed by atoms with Gasteiger partial charge in [0.15, 0.2) is 34.5 Å². The lowest BCUT2D eigenvalue weighted by molar-refractivity contribution is 0.333. The van der Waals surface area contributed by atoms with E-state index in [4.69, 9.17) is 9.47 Å². The average molecular weight is 458 g/mol. The van der Waals surface area contributed by atoms with E-state index in [9.17, 15) is 10.2 Å². The summed E-state index contributed by atoms with van der Waals surface area (Å²) in [5, 5.41) is 20.6. The second kappa shape index (κ2) is 6.48. The van der Waals surface area contributed by atoms with Crippen molar-refractivity contribution in [1.29, 1.82) is 0 Å². The number of rotatable bonds is 3. The molecule has 0 bridgehead atoms. The topological polar surface area (TPSA) is 58.9 Å². The maximum Gasteiger partial charge on any atom is 0.177 e. The highest BCUT2D eigenvalue weighted by molar-refractivity contribution is 9.13. The molecule has 0 amide bonds. The largest absolute Gasteiger partial charge is 0.504 e. The standard InChI is InChI=1S/C18H18Br2O4/c1-4-8-13(20)11(19)7-12-16(8)24-18-10(6-3)15(22)14(21)9(5-2)17(18)23-12/h7,21-22H,4-6H2,1-3H3. The summed E-state index contributed by atoms with van der Waals surface area (Å²) in [7, 11) is 0. The van der Waals surface area contributed by atoms with Crippen LogP contribution < -0.4 is 9.47 Å². The van der Waals surface area contributed by atoms with Gasteiger partial charge in [0.1, 0.15) is 0 Å². The van der Waals surface area contributed by atoms with Crippen molar-refractivity contribution < 1.29 is 19.7 Å². The van der Waals surface area contributed by atoms with Gasteiger partial charge in [-0.15, -0.1) is 0 Å². The van der Waals surface area contributed by atoms with Gasteiger partial charge in [-0.2, -0.15) is 0 Å². The zero-order chi connectivity index (χ0) is 17.6. The Morgan fingerprint density at radius 1 is 0.792 bits per heavy atom. The molecular formula is C18H18Br2O4. The second-order valence-electron chi connectivity index (χ2n) is 5.56. The number of aromatic hydroxyl groups is 2. The first kappa shape index (κ1) is 17.4. The van der Waals surface area contributed by atoms with Crippen molar-refractivity contribution >= 4 is 31.9 Å². The summed E-state index contributed by atoms with van der Waals surface area (Å²) in [6.45, 7) is 5.84. The zero-order valence-electron chi connectivity index (χ0n) is 13.7. The van der Waals surface area contributed by atoms with E-state index in [1.807, 2.05) is 26.8 Å². The van der Waals surface area contributed by atoms with Gasteiger partial charge >= 0.3 is 0 Å². The van der Waals surface area contributed by atoms with Crippen molar-refractivity contribution in [2.45, 2.75) is 40.0 Å². The van der Waals surface area contributed by atoms with E-state index in [0.717, 1.165) is 20.9 Å². The second-order valence-corrected chi connectivity index (χ2v) is 7.20. The van der Waals surface area contributed by atoms with Crippen LogP contribution in [0.4, 0.5) is 0 Å². The number of hydrogen-bond acceptors (Lipinski definition) is 4. The van der Waals surface area contributed by atoms with Crippen LogP contribution in [0.15, 0.2) is 15.0 Å².